The van der Waals surface area contributed by atoms with E-state index in [1.54, 1.807) is 11.0 Å². The quantitative estimate of drug-likeness (QED) is 0.731. The van der Waals surface area contributed by atoms with Gasteiger partial charge in [-0.1, -0.05) is 48.5 Å². The number of carbonyl (C=O) groups excluding carboxylic acids is 2. The second kappa shape index (κ2) is 8.92. The lowest BCUT2D eigenvalue weighted by Gasteiger charge is -2.34. The summed E-state index contributed by atoms with van der Waals surface area (Å²) in [6.45, 7) is 3.70. The van der Waals surface area contributed by atoms with Crippen LogP contribution >= 0.6 is 0 Å². The monoisotopic (exact) mass is 392 g/mol. The van der Waals surface area contributed by atoms with E-state index in [0.717, 1.165) is 30.9 Å². The van der Waals surface area contributed by atoms with E-state index in [0.29, 0.717) is 18.7 Å². The lowest BCUT2D eigenvalue weighted by molar-refractivity contribution is -0.150. The van der Waals surface area contributed by atoms with E-state index < -0.39 is 5.97 Å². The highest BCUT2D eigenvalue weighted by molar-refractivity contribution is 5.96. The minimum atomic E-state index is -0.504. The molecular formula is C23H24N2O4. The number of nitrogens with zero attached hydrogens (tertiary/aromatic N) is 2. The first-order chi connectivity index (χ1) is 14.2. The second-order valence-corrected chi connectivity index (χ2v) is 7.21. The Bertz CT molecular complexity index is 902. The molecule has 1 saturated heterocycles. The van der Waals surface area contributed by atoms with Crippen molar-refractivity contribution in [3.63, 3.8) is 0 Å². The minimum absolute atomic E-state index is 0.155. The van der Waals surface area contributed by atoms with Gasteiger partial charge in [0.15, 0.2) is 6.61 Å². The predicted octanol–water partition coefficient (Wildman–Crippen LogP) is 2.35. The molecule has 0 N–H and O–H groups in total. The normalized spacial score (nSPS) is 16.4. The molecule has 0 saturated carbocycles. The Morgan fingerprint density at radius 2 is 1.66 bits per heavy atom. The first-order valence-electron chi connectivity index (χ1n) is 9.82. The van der Waals surface area contributed by atoms with E-state index in [-0.39, 0.29) is 19.1 Å². The van der Waals surface area contributed by atoms with Crippen LogP contribution in [0.25, 0.3) is 6.08 Å². The number of esters is 1. The zero-order valence-electron chi connectivity index (χ0n) is 16.3. The van der Waals surface area contributed by atoms with Crippen LogP contribution in [0.2, 0.25) is 0 Å². The summed E-state index contributed by atoms with van der Waals surface area (Å²) in [5.74, 6) is 0.0829. The van der Waals surface area contributed by atoms with E-state index in [9.17, 15) is 9.59 Å². The molecule has 150 valence electrons. The zero-order chi connectivity index (χ0) is 20.1. The third-order valence-electron chi connectivity index (χ3n) is 5.19. The number of benzene rings is 2. The third kappa shape index (κ3) is 4.84. The van der Waals surface area contributed by atoms with Crippen LogP contribution in [-0.4, -0.2) is 61.1 Å². The number of fused-ring (bicyclic) bond motifs is 1. The number of carbonyl (C=O) groups is 2. The van der Waals surface area contributed by atoms with Crippen LogP contribution in [0.4, 0.5) is 0 Å². The summed E-state index contributed by atoms with van der Waals surface area (Å²) in [6, 6.07) is 17.8. The number of amides is 1. The molecule has 2 aromatic carbocycles. The molecule has 0 aromatic heterocycles. The molecule has 2 aromatic rings. The number of ether oxygens (including phenoxy) is 2. The van der Waals surface area contributed by atoms with Crippen molar-refractivity contribution in [3.05, 3.63) is 71.3 Å². The molecule has 0 unspecified atom stereocenters. The van der Waals surface area contributed by atoms with Gasteiger partial charge in [-0.25, -0.2) is 4.79 Å². The van der Waals surface area contributed by atoms with E-state index >= 15 is 0 Å². The molecule has 0 spiro atoms. The van der Waals surface area contributed by atoms with Crippen LogP contribution in [0, 0.1) is 0 Å². The maximum atomic E-state index is 12.4. The van der Waals surface area contributed by atoms with Crippen molar-refractivity contribution in [2.24, 2.45) is 0 Å². The Kier molecular flexibility index (Phi) is 5.91. The summed E-state index contributed by atoms with van der Waals surface area (Å²) in [5.41, 5.74) is 2.53. The van der Waals surface area contributed by atoms with Gasteiger partial charge in [-0.3, -0.25) is 9.69 Å². The molecule has 1 amide bonds. The van der Waals surface area contributed by atoms with Gasteiger partial charge in [-0.15, -0.1) is 0 Å². The number of piperazine rings is 1. The number of para-hydroxylation sites is 1. The summed E-state index contributed by atoms with van der Waals surface area (Å²) in [4.78, 5) is 28.8. The van der Waals surface area contributed by atoms with Crippen LogP contribution in [0.3, 0.4) is 0 Å². The Hall–Kier alpha value is -3.12. The molecule has 29 heavy (non-hydrogen) atoms. The zero-order valence-corrected chi connectivity index (χ0v) is 16.3. The van der Waals surface area contributed by atoms with Crippen LogP contribution in [0.1, 0.15) is 11.1 Å². The standard InChI is InChI=1S/C23H24N2O4/c26-22(25-12-10-24(11-13-25)15-18-6-2-1-3-7-18)17-29-23(27)20-14-19-8-4-5-9-21(19)28-16-20/h1-9,14H,10-13,15-17H2. The molecule has 1 fully saturated rings. The second-order valence-electron chi connectivity index (χ2n) is 7.21. The topological polar surface area (TPSA) is 59.1 Å². The summed E-state index contributed by atoms with van der Waals surface area (Å²) < 4.78 is 10.8. The van der Waals surface area contributed by atoms with E-state index in [4.69, 9.17) is 9.47 Å². The van der Waals surface area contributed by atoms with Crippen molar-refractivity contribution in [2.75, 3.05) is 39.4 Å². The molecule has 0 bridgehead atoms. The highest BCUT2D eigenvalue weighted by atomic mass is 16.5. The SMILES string of the molecule is O=C(OCC(=O)N1CCN(Cc2ccccc2)CC1)C1=Cc2ccccc2OC1. The van der Waals surface area contributed by atoms with Crippen LogP contribution in [0.15, 0.2) is 60.2 Å². The lowest BCUT2D eigenvalue weighted by Crippen LogP contribution is -2.49. The maximum Gasteiger partial charge on any atom is 0.338 e. The lowest BCUT2D eigenvalue weighted by atomic mass is 10.1. The molecule has 2 aliphatic heterocycles. The van der Waals surface area contributed by atoms with Gasteiger partial charge in [-0.2, -0.15) is 0 Å². The smallest absolute Gasteiger partial charge is 0.338 e. The van der Waals surface area contributed by atoms with Crippen LogP contribution in [-0.2, 0) is 20.9 Å². The van der Waals surface area contributed by atoms with E-state index in [2.05, 4.69) is 17.0 Å². The van der Waals surface area contributed by atoms with Gasteiger partial charge in [0, 0.05) is 38.3 Å². The third-order valence-corrected chi connectivity index (χ3v) is 5.19. The molecule has 2 aliphatic rings. The van der Waals surface area contributed by atoms with Crippen molar-refractivity contribution in [1.29, 1.82) is 0 Å². The highest BCUT2D eigenvalue weighted by Crippen LogP contribution is 2.26. The summed E-state index contributed by atoms with van der Waals surface area (Å²) >= 11 is 0. The summed E-state index contributed by atoms with van der Waals surface area (Å²) in [5, 5.41) is 0. The molecule has 6 nitrogen and oxygen atoms in total. The van der Waals surface area contributed by atoms with E-state index in [1.165, 1.54) is 5.56 Å². The van der Waals surface area contributed by atoms with Gasteiger partial charge in [-0.05, 0) is 17.7 Å². The van der Waals surface area contributed by atoms with Crippen molar-refractivity contribution in [2.45, 2.75) is 6.54 Å². The molecule has 0 atom stereocenters. The van der Waals surface area contributed by atoms with Gasteiger partial charge in [0.1, 0.15) is 12.4 Å². The summed E-state index contributed by atoms with van der Waals surface area (Å²) in [6.07, 6.45) is 1.76. The first-order valence-corrected chi connectivity index (χ1v) is 9.82. The first kappa shape index (κ1) is 19.2. The summed E-state index contributed by atoms with van der Waals surface area (Å²) in [7, 11) is 0. The van der Waals surface area contributed by atoms with Crippen molar-refractivity contribution in [3.8, 4) is 5.75 Å². The molecule has 0 radical (unpaired) electrons. The Labute approximate surface area is 170 Å². The average molecular weight is 392 g/mol. The molecular weight excluding hydrogens is 368 g/mol. The Morgan fingerprint density at radius 1 is 0.931 bits per heavy atom. The maximum absolute atomic E-state index is 12.4. The number of hydrogen-bond acceptors (Lipinski definition) is 5. The van der Waals surface area contributed by atoms with Gasteiger partial charge >= 0.3 is 5.97 Å². The predicted molar refractivity (Wildman–Crippen MR) is 109 cm³/mol. The fourth-order valence-electron chi connectivity index (χ4n) is 3.54. The molecule has 6 heteroatoms. The van der Waals surface area contributed by atoms with Crippen molar-refractivity contribution in [1.82, 2.24) is 9.80 Å². The fraction of sp³-hybridized carbons (Fsp3) is 0.304. The fourth-order valence-corrected chi connectivity index (χ4v) is 3.54. The number of rotatable bonds is 5. The molecule has 0 aliphatic carbocycles. The average Bonchev–Trinajstić information content (AvgIpc) is 2.78. The van der Waals surface area contributed by atoms with Gasteiger partial charge in [0.25, 0.3) is 5.91 Å². The van der Waals surface area contributed by atoms with Gasteiger partial charge < -0.3 is 14.4 Å². The Balaban J connectivity index is 1.23. The minimum Gasteiger partial charge on any atom is -0.488 e. The van der Waals surface area contributed by atoms with Crippen LogP contribution in [0.5, 0.6) is 5.75 Å². The van der Waals surface area contributed by atoms with Crippen LogP contribution < -0.4 is 4.74 Å². The van der Waals surface area contributed by atoms with Gasteiger partial charge in [0.2, 0.25) is 0 Å². The molecule has 2 heterocycles. The largest absolute Gasteiger partial charge is 0.488 e. The van der Waals surface area contributed by atoms with Gasteiger partial charge in [0.05, 0.1) is 5.57 Å². The van der Waals surface area contributed by atoms with E-state index in [1.807, 2.05) is 42.5 Å². The number of hydrogen-bond donors (Lipinski definition) is 0. The van der Waals surface area contributed by atoms with Crippen molar-refractivity contribution >= 4 is 18.0 Å². The Morgan fingerprint density at radius 3 is 2.45 bits per heavy atom. The van der Waals surface area contributed by atoms with Crippen molar-refractivity contribution < 1.29 is 19.1 Å². The highest BCUT2D eigenvalue weighted by Gasteiger charge is 2.24. The molecule has 4 rings (SSSR count).